The number of carbonyl (C=O) groups excluding carboxylic acids is 1. The van der Waals surface area contributed by atoms with Crippen LogP contribution in [0.1, 0.15) is 25.0 Å². The molecule has 0 saturated heterocycles. The number of benzene rings is 4. The Morgan fingerprint density at radius 2 is 1.33 bits per heavy atom. The van der Waals surface area contributed by atoms with Crippen LogP contribution in [0.25, 0.3) is 60.3 Å². The fraction of sp³-hybridized carbons (Fsp3) is 0.0833. The minimum Gasteiger partial charge on any atom is -0.663 e. The number of ketones is 1. The molecule has 3 heterocycles. The summed E-state index contributed by atoms with van der Waals surface area (Å²) in [6.07, 6.45) is 12.2. The molecule has 7 aromatic rings. The van der Waals surface area contributed by atoms with Crippen molar-refractivity contribution < 1.29 is 30.0 Å². The monoisotopic (exact) mass is 727 g/mol. The van der Waals surface area contributed by atoms with E-state index in [1.165, 1.54) is 58.0 Å². The molecule has 1 N–H and O–H groups in total. The molecule has 209 valence electrons. The Hall–Kier alpha value is -4.64. The second-order valence-corrected chi connectivity index (χ2v) is 10.1. The first-order chi connectivity index (χ1) is 20.0. The van der Waals surface area contributed by atoms with Crippen molar-refractivity contribution in [1.29, 1.82) is 0 Å². The SMILES string of the molecule is C1=Cc2ccc3ccc4cccnc4c3c2C1.CC(=O)C=C(C)O.[Ir].c1cnc2c(c1)ccc1ccc3cc[n-]c3c12. The number of carbonyl (C=O) groups is 1. The van der Waals surface area contributed by atoms with Gasteiger partial charge in [-0.2, -0.15) is 6.20 Å². The molecule has 4 aromatic carbocycles. The summed E-state index contributed by atoms with van der Waals surface area (Å²) in [6, 6.07) is 27.4. The van der Waals surface area contributed by atoms with Gasteiger partial charge < -0.3 is 10.1 Å². The molecule has 0 amide bonds. The molecule has 1 aliphatic carbocycles. The predicted molar refractivity (Wildman–Crippen MR) is 169 cm³/mol. The van der Waals surface area contributed by atoms with E-state index in [0.29, 0.717) is 0 Å². The maximum absolute atomic E-state index is 10.0. The largest absolute Gasteiger partial charge is 0.663 e. The van der Waals surface area contributed by atoms with E-state index in [1.54, 1.807) is 0 Å². The Balaban J connectivity index is 0.000000136. The summed E-state index contributed by atoms with van der Waals surface area (Å²) >= 11 is 0. The number of pyridine rings is 2. The van der Waals surface area contributed by atoms with E-state index in [0.717, 1.165) is 33.7 Å². The number of aliphatic hydroxyl groups is 1. The minimum absolute atomic E-state index is 0. The van der Waals surface area contributed by atoms with Gasteiger partial charge in [0.15, 0.2) is 5.78 Å². The van der Waals surface area contributed by atoms with Crippen LogP contribution in [0.3, 0.4) is 0 Å². The molecule has 0 unspecified atom stereocenters. The third-order valence-corrected chi connectivity index (χ3v) is 7.15. The van der Waals surface area contributed by atoms with Gasteiger partial charge in [0.05, 0.1) is 16.8 Å². The molecule has 5 nitrogen and oxygen atoms in total. The van der Waals surface area contributed by atoms with Crippen molar-refractivity contribution in [1.82, 2.24) is 15.0 Å². The number of aromatic nitrogens is 3. The van der Waals surface area contributed by atoms with Crippen molar-refractivity contribution >= 4 is 66.1 Å². The fourth-order valence-corrected chi connectivity index (χ4v) is 5.43. The van der Waals surface area contributed by atoms with E-state index in [2.05, 4.69) is 87.8 Å². The van der Waals surface area contributed by atoms with Crippen molar-refractivity contribution in [3.63, 3.8) is 0 Å². The second kappa shape index (κ2) is 12.5. The minimum atomic E-state index is -0.125. The summed E-state index contributed by atoms with van der Waals surface area (Å²) in [5.74, 6) is -0.0625. The van der Waals surface area contributed by atoms with Crippen LogP contribution in [0.4, 0.5) is 0 Å². The number of allylic oxidation sites excluding steroid dienone is 3. The van der Waals surface area contributed by atoms with E-state index in [4.69, 9.17) is 5.11 Å². The van der Waals surface area contributed by atoms with Gasteiger partial charge in [0.2, 0.25) is 0 Å². The third-order valence-electron chi connectivity index (χ3n) is 7.15. The molecule has 8 rings (SSSR count). The third kappa shape index (κ3) is 5.73. The van der Waals surface area contributed by atoms with Gasteiger partial charge in [0.25, 0.3) is 0 Å². The maximum Gasteiger partial charge on any atom is 0.155 e. The van der Waals surface area contributed by atoms with Crippen molar-refractivity contribution in [3.8, 4) is 0 Å². The van der Waals surface area contributed by atoms with E-state index < -0.39 is 0 Å². The standard InChI is InChI=1S/C16H11N.C15H9N2.C5H8O2.Ir/c1-3-11-6-7-12-8-9-13-4-2-10-17-16(13)15(12)14(11)5-1;1-2-11-5-3-10-4-6-12-7-9-17-15(12)13(10)14(11)16-8-1;1-4(6)3-5(2)7;/h1-4,6-10H,5H2;1-9H;3,6H,1-2H3;/q;-1;;. The zero-order valence-corrected chi connectivity index (χ0v) is 25.6. The van der Waals surface area contributed by atoms with Gasteiger partial charge in [0.1, 0.15) is 0 Å². The van der Waals surface area contributed by atoms with Gasteiger partial charge in [-0.15, -0.1) is 5.52 Å². The molecule has 0 fully saturated rings. The van der Waals surface area contributed by atoms with Gasteiger partial charge in [-0.1, -0.05) is 78.9 Å². The number of fused-ring (bicyclic) bond motifs is 10. The molecule has 42 heavy (non-hydrogen) atoms. The molecule has 1 aliphatic rings. The van der Waals surface area contributed by atoms with Crippen molar-refractivity contribution in [2.24, 2.45) is 0 Å². The first-order valence-electron chi connectivity index (χ1n) is 13.5. The normalized spacial score (nSPS) is 12.0. The van der Waals surface area contributed by atoms with Gasteiger partial charge in [-0.3, -0.25) is 14.8 Å². The van der Waals surface area contributed by atoms with Gasteiger partial charge in [-0.05, 0) is 65.1 Å². The average Bonchev–Trinajstić information content (AvgIpc) is 3.66. The topological polar surface area (TPSA) is 77.2 Å². The summed E-state index contributed by atoms with van der Waals surface area (Å²) in [5.41, 5.74) is 5.98. The van der Waals surface area contributed by atoms with Crippen LogP contribution in [-0.4, -0.2) is 20.9 Å². The van der Waals surface area contributed by atoms with Gasteiger partial charge in [-0.25, -0.2) is 0 Å². The molecular formula is C36H28IrN3O2-. The molecule has 1 radical (unpaired) electrons. The van der Waals surface area contributed by atoms with Crippen LogP contribution in [0.2, 0.25) is 0 Å². The zero-order chi connectivity index (χ0) is 28.3. The Morgan fingerprint density at radius 1 is 0.762 bits per heavy atom. The summed E-state index contributed by atoms with van der Waals surface area (Å²) in [7, 11) is 0. The molecule has 0 bridgehead atoms. The Labute approximate surface area is 257 Å². The van der Waals surface area contributed by atoms with Crippen LogP contribution < -0.4 is 4.98 Å². The van der Waals surface area contributed by atoms with E-state index in [1.807, 2.05) is 36.8 Å². The van der Waals surface area contributed by atoms with Crippen LogP contribution in [0.5, 0.6) is 0 Å². The molecule has 3 aromatic heterocycles. The zero-order valence-electron chi connectivity index (χ0n) is 23.2. The molecular weight excluding hydrogens is 699 g/mol. The van der Waals surface area contributed by atoms with Crippen molar-refractivity contribution in [2.75, 3.05) is 0 Å². The molecule has 0 saturated carbocycles. The number of hydrogen-bond acceptors (Lipinski definition) is 4. The average molecular weight is 727 g/mol. The van der Waals surface area contributed by atoms with Crippen LogP contribution in [0, 0.1) is 0 Å². The van der Waals surface area contributed by atoms with E-state index in [9.17, 15) is 4.79 Å². The van der Waals surface area contributed by atoms with E-state index in [-0.39, 0.29) is 31.6 Å². The number of rotatable bonds is 1. The maximum atomic E-state index is 10.0. The molecule has 0 atom stereocenters. The first kappa shape index (κ1) is 28.9. The summed E-state index contributed by atoms with van der Waals surface area (Å²) < 4.78 is 0. The Bertz CT molecular complexity index is 2140. The number of nitrogens with zero attached hydrogens (tertiary/aromatic N) is 3. The van der Waals surface area contributed by atoms with Gasteiger partial charge >= 0.3 is 0 Å². The summed E-state index contributed by atoms with van der Waals surface area (Å²) in [4.78, 5) is 23.5. The smallest absolute Gasteiger partial charge is 0.155 e. The van der Waals surface area contributed by atoms with E-state index >= 15 is 0 Å². The number of aliphatic hydroxyl groups excluding tert-OH is 1. The molecule has 0 spiro atoms. The van der Waals surface area contributed by atoms with Crippen molar-refractivity contribution in [2.45, 2.75) is 20.3 Å². The van der Waals surface area contributed by atoms with Crippen LogP contribution in [-0.2, 0) is 31.3 Å². The van der Waals surface area contributed by atoms with Crippen LogP contribution in [0.15, 0.2) is 115 Å². The Kier molecular flexibility index (Phi) is 8.58. The Morgan fingerprint density at radius 3 is 1.95 bits per heavy atom. The number of hydrogen-bond donors (Lipinski definition) is 1. The quantitative estimate of drug-likeness (QED) is 0.104. The first-order valence-corrected chi connectivity index (χ1v) is 13.5. The molecule has 0 aliphatic heterocycles. The van der Waals surface area contributed by atoms with Crippen molar-refractivity contribution in [3.05, 3.63) is 126 Å². The summed E-state index contributed by atoms with van der Waals surface area (Å²) in [5, 5.41) is 16.9. The second-order valence-electron chi connectivity index (χ2n) is 10.1. The fourth-order valence-electron chi connectivity index (χ4n) is 5.43. The summed E-state index contributed by atoms with van der Waals surface area (Å²) in [6.45, 7) is 2.85. The predicted octanol–water partition coefficient (Wildman–Crippen LogP) is 8.49. The van der Waals surface area contributed by atoms with Crippen LogP contribution >= 0.6 is 0 Å². The molecule has 6 heteroatoms. The van der Waals surface area contributed by atoms with Gasteiger partial charge in [0, 0.05) is 54.7 Å².